The lowest BCUT2D eigenvalue weighted by Crippen LogP contribution is -2.40. The molecule has 0 heterocycles. The maximum absolute atomic E-state index is 12.0. The van der Waals surface area contributed by atoms with Gasteiger partial charge in [0.1, 0.15) is 0 Å². The average molecular weight is 308 g/mol. The first-order valence-corrected chi connectivity index (χ1v) is 6.99. The maximum Gasteiger partial charge on any atom is 0.223 e. The Morgan fingerprint density at radius 1 is 1.05 bits per heavy atom. The number of amides is 2. The van der Waals surface area contributed by atoms with Crippen molar-refractivity contribution in [2.45, 2.75) is 40.5 Å². The molecule has 2 amide bonds. The Bertz CT molecular complexity index is 305. The molecule has 120 valence electrons. The Morgan fingerprint density at radius 3 is 1.90 bits per heavy atom. The van der Waals surface area contributed by atoms with Crippen molar-refractivity contribution in [3.8, 4) is 0 Å². The maximum atomic E-state index is 12.0. The second kappa shape index (κ2) is 10.00. The number of rotatable bonds is 8. The quantitative estimate of drug-likeness (QED) is 0.739. The lowest BCUT2D eigenvalue weighted by molar-refractivity contribution is -0.136. The molecule has 0 saturated carbocycles. The lowest BCUT2D eigenvalue weighted by atomic mass is 9.93. The monoisotopic (exact) mass is 307 g/mol. The molecule has 0 radical (unpaired) electrons. The number of carbonyl (C=O) groups excluding carboxylic acids is 2. The van der Waals surface area contributed by atoms with E-state index in [0.717, 1.165) is 0 Å². The summed E-state index contributed by atoms with van der Waals surface area (Å²) in [5.74, 6) is 0.0480. The van der Waals surface area contributed by atoms with E-state index in [2.05, 4.69) is 0 Å². The van der Waals surface area contributed by atoms with Gasteiger partial charge in [0.2, 0.25) is 11.8 Å². The molecular formula is C14H30ClN3O2. The first kappa shape index (κ1) is 21.5. The van der Waals surface area contributed by atoms with Gasteiger partial charge in [-0.15, -0.1) is 12.4 Å². The smallest absolute Gasteiger partial charge is 0.223 e. The van der Waals surface area contributed by atoms with Crippen LogP contribution in [0.1, 0.15) is 40.5 Å². The zero-order chi connectivity index (χ0) is 15.1. The number of nitrogens with zero attached hydrogens (tertiary/aromatic N) is 2. The first-order valence-electron chi connectivity index (χ1n) is 6.99. The van der Waals surface area contributed by atoms with Gasteiger partial charge in [-0.05, 0) is 25.8 Å². The predicted octanol–water partition coefficient (Wildman–Crippen LogP) is 1.50. The fraction of sp³-hybridized carbons (Fsp3) is 0.857. The molecular weight excluding hydrogens is 278 g/mol. The topological polar surface area (TPSA) is 66.6 Å². The van der Waals surface area contributed by atoms with Gasteiger partial charge in [0.15, 0.2) is 0 Å². The molecule has 6 heteroatoms. The summed E-state index contributed by atoms with van der Waals surface area (Å²) in [6, 6.07) is 0. The number of hydrogen-bond acceptors (Lipinski definition) is 3. The van der Waals surface area contributed by atoms with Crippen molar-refractivity contribution in [1.82, 2.24) is 9.80 Å². The van der Waals surface area contributed by atoms with Crippen molar-refractivity contribution < 1.29 is 9.59 Å². The van der Waals surface area contributed by atoms with Crippen LogP contribution < -0.4 is 5.73 Å². The molecule has 0 aliphatic carbocycles. The standard InChI is InChI=1S/C14H29N3O2.ClH/c1-6-17(7-2)13(19)9-8-12(18)16(5)11-14(3,4)10-15;/h6-11,15H2,1-5H3;1H. The molecule has 0 aliphatic heterocycles. The van der Waals surface area contributed by atoms with E-state index >= 15 is 0 Å². The summed E-state index contributed by atoms with van der Waals surface area (Å²) in [5, 5.41) is 0. The van der Waals surface area contributed by atoms with E-state index in [0.29, 0.717) is 26.2 Å². The van der Waals surface area contributed by atoms with Crippen LogP contribution in [0.3, 0.4) is 0 Å². The summed E-state index contributed by atoms with van der Waals surface area (Å²) in [6.45, 7) is 10.5. The van der Waals surface area contributed by atoms with Crippen LogP contribution in [0.4, 0.5) is 0 Å². The summed E-state index contributed by atoms with van der Waals surface area (Å²) in [5.41, 5.74) is 5.56. The molecule has 0 fully saturated rings. The molecule has 0 bridgehead atoms. The molecule has 0 atom stereocenters. The molecule has 2 N–H and O–H groups in total. The van der Waals surface area contributed by atoms with Gasteiger partial charge < -0.3 is 15.5 Å². The second-order valence-corrected chi connectivity index (χ2v) is 5.68. The van der Waals surface area contributed by atoms with Crippen molar-refractivity contribution >= 4 is 24.2 Å². The SMILES string of the molecule is CCN(CC)C(=O)CCC(=O)N(C)CC(C)(C)CN.Cl. The van der Waals surface area contributed by atoms with Crippen LogP contribution in [0.2, 0.25) is 0 Å². The Hall–Kier alpha value is -0.810. The largest absolute Gasteiger partial charge is 0.345 e. The Kier molecular flexibility index (Phi) is 10.7. The van der Waals surface area contributed by atoms with Crippen LogP contribution in [0.25, 0.3) is 0 Å². The average Bonchev–Trinajstić information content (AvgIpc) is 2.36. The highest BCUT2D eigenvalue weighted by Crippen LogP contribution is 2.14. The Balaban J connectivity index is 0. The van der Waals surface area contributed by atoms with Crippen LogP contribution in [0, 0.1) is 5.41 Å². The molecule has 20 heavy (non-hydrogen) atoms. The van der Waals surface area contributed by atoms with Gasteiger partial charge in [0, 0.05) is 39.5 Å². The predicted molar refractivity (Wildman–Crippen MR) is 84.9 cm³/mol. The zero-order valence-electron chi connectivity index (χ0n) is 13.4. The van der Waals surface area contributed by atoms with Crippen LogP contribution in [0.15, 0.2) is 0 Å². The van der Waals surface area contributed by atoms with E-state index in [1.165, 1.54) is 0 Å². The Morgan fingerprint density at radius 2 is 1.50 bits per heavy atom. The summed E-state index contributed by atoms with van der Waals surface area (Å²) < 4.78 is 0. The van der Waals surface area contributed by atoms with Crippen LogP contribution in [-0.4, -0.2) is 54.8 Å². The van der Waals surface area contributed by atoms with Crippen molar-refractivity contribution in [2.75, 3.05) is 33.2 Å². The molecule has 0 saturated heterocycles. The summed E-state index contributed by atoms with van der Waals surface area (Å²) in [6.07, 6.45) is 0.556. The van der Waals surface area contributed by atoms with E-state index < -0.39 is 0 Å². The van der Waals surface area contributed by atoms with Gasteiger partial charge >= 0.3 is 0 Å². The minimum atomic E-state index is -0.0900. The molecule has 0 aromatic carbocycles. The number of nitrogens with two attached hydrogens (primary N) is 1. The highest BCUT2D eigenvalue weighted by atomic mass is 35.5. The number of carbonyl (C=O) groups is 2. The summed E-state index contributed by atoms with van der Waals surface area (Å²) in [4.78, 5) is 27.2. The van der Waals surface area contributed by atoms with Gasteiger partial charge in [-0.1, -0.05) is 13.8 Å². The molecule has 0 unspecified atom stereocenters. The third-order valence-corrected chi connectivity index (χ3v) is 3.31. The van der Waals surface area contributed by atoms with Crippen molar-refractivity contribution in [1.29, 1.82) is 0 Å². The van der Waals surface area contributed by atoms with Gasteiger partial charge in [-0.3, -0.25) is 9.59 Å². The second-order valence-electron chi connectivity index (χ2n) is 5.68. The van der Waals surface area contributed by atoms with E-state index in [4.69, 9.17) is 5.73 Å². The highest BCUT2D eigenvalue weighted by Gasteiger charge is 2.21. The van der Waals surface area contributed by atoms with Crippen molar-refractivity contribution in [2.24, 2.45) is 11.1 Å². The van der Waals surface area contributed by atoms with Gasteiger partial charge in [0.05, 0.1) is 0 Å². The lowest BCUT2D eigenvalue weighted by Gasteiger charge is -2.29. The fourth-order valence-electron chi connectivity index (χ4n) is 1.93. The molecule has 0 rings (SSSR count). The minimum absolute atomic E-state index is 0. The van der Waals surface area contributed by atoms with Crippen molar-refractivity contribution in [3.63, 3.8) is 0 Å². The summed E-state index contributed by atoms with van der Waals surface area (Å²) in [7, 11) is 1.77. The minimum Gasteiger partial charge on any atom is -0.345 e. The summed E-state index contributed by atoms with van der Waals surface area (Å²) >= 11 is 0. The molecule has 5 nitrogen and oxygen atoms in total. The normalized spacial score (nSPS) is 10.7. The first-order chi connectivity index (χ1) is 8.77. The van der Waals surface area contributed by atoms with Crippen molar-refractivity contribution in [3.05, 3.63) is 0 Å². The molecule has 0 aliphatic rings. The van der Waals surface area contributed by atoms with E-state index in [1.54, 1.807) is 16.8 Å². The van der Waals surface area contributed by atoms with E-state index in [1.807, 2.05) is 27.7 Å². The third kappa shape index (κ3) is 7.70. The van der Waals surface area contributed by atoms with Crippen LogP contribution in [-0.2, 0) is 9.59 Å². The highest BCUT2D eigenvalue weighted by molar-refractivity contribution is 5.85. The van der Waals surface area contributed by atoms with Gasteiger partial charge in [0.25, 0.3) is 0 Å². The van der Waals surface area contributed by atoms with Gasteiger partial charge in [-0.2, -0.15) is 0 Å². The van der Waals surface area contributed by atoms with Crippen LogP contribution in [0.5, 0.6) is 0 Å². The number of hydrogen-bond donors (Lipinski definition) is 1. The van der Waals surface area contributed by atoms with Gasteiger partial charge in [-0.25, -0.2) is 0 Å². The molecule has 0 aromatic heterocycles. The van der Waals surface area contributed by atoms with E-state index in [9.17, 15) is 9.59 Å². The van der Waals surface area contributed by atoms with E-state index in [-0.39, 0.29) is 42.5 Å². The third-order valence-electron chi connectivity index (χ3n) is 3.31. The Labute approximate surface area is 129 Å². The number of halogens is 1. The fourth-order valence-corrected chi connectivity index (χ4v) is 1.93. The molecule has 0 aromatic rings. The zero-order valence-corrected chi connectivity index (χ0v) is 14.3. The molecule has 0 spiro atoms. The van der Waals surface area contributed by atoms with Crippen LogP contribution >= 0.6 is 12.4 Å².